The van der Waals surface area contributed by atoms with Gasteiger partial charge in [0.2, 0.25) is 0 Å². The van der Waals surface area contributed by atoms with Crippen molar-refractivity contribution in [3.63, 3.8) is 0 Å². The molecule has 104 valence electrons. The molecule has 2 heterocycles. The van der Waals surface area contributed by atoms with Gasteiger partial charge in [-0.2, -0.15) is 0 Å². The third-order valence-electron chi connectivity index (χ3n) is 3.82. The van der Waals surface area contributed by atoms with Gasteiger partial charge < -0.3 is 4.74 Å². The van der Waals surface area contributed by atoms with Gasteiger partial charge in [0.25, 0.3) is 0 Å². The number of ether oxygens (including phenoxy) is 1. The van der Waals surface area contributed by atoms with Gasteiger partial charge in [-0.15, -0.1) is 0 Å². The van der Waals surface area contributed by atoms with Gasteiger partial charge in [-0.1, -0.05) is 0 Å². The van der Waals surface area contributed by atoms with Crippen LogP contribution in [0.4, 0.5) is 0 Å². The van der Waals surface area contributed by atoms with Gasteiger partial charge in [-0.05, 0) is 44.9 Å². The van der Waals surface area contributed by atoms with E-state index in [0.29, 0.717) is 11.5 Å². The Morgan fingerprint density at radius 1 is 1.40 bits per heavy atom. The Balaban J connectivity index is 1.94. The fourth-order valence-corrected chi connectivity index (χ4v) is 2.79. The van der Waals surface area contributed by atoms with Crippen LogP contribution in [-0.4, -0.2) is 28.5 Å². The Morgan fingerprint density at radius 3 is 3.00 bits per heavy atom. The van der Waals surface area contributed by atoms with Crippen molar-refractivity contribution in [1.82, 2.24) is 9.97 Å². The molecule has 1 aromatic heterocycles. The topological polar surface area (TPSA) is 52.1 Å². The number of hydrogen-bond acceptors (Lipinski definition) is 4. The molecular weight excluding hydrogens is 252 g/mol. The summed E-state index contributed by atoms with van der Waals surface area (Å²) in [5, 5.41) is 0.907. The van der Waals surface area contributed by atoms with Crippen LogP contribution >= 0.6 is 0 Å². The number of nitrogens with zero attached hydrogens (tertiary/aromatic N) is 2. The average Bonchev–Trinajstić information content (AvgIpc) is 2.45. The highest BCUT2D eigenvalue weighted by Crippen LogP contribution is 2.34. The smallest absolute Gasteiger partial charge is 0.150 e. The molecule has 4 nitrogen and oxygen atoms in total. The van der Waals surface area contributed by atoms with E-state index >= 15 is 0 Å². The zero-order valence-electron chi connectivity index (χ0n) is 11.8. The third kappa shape index (κ3) is 2.56. The van der Waals surface area contributed by atoms with Gasteiger partial charge in [0.05, 0.1) is 11.1 Å². The van der Waals surface area contributed by atoms with E-state index < -0.39 is 0 Å². The monoisotopic (exact) mass is 270 g/mol. The molecule has 0 radical (unpaired) electrons. The second kappa shape index (κ2) is 4.94. The molecule has 0 aliphatic carbocycles. The largest absolute Gasteiger partial charge is 0.376 e. The maximum atomic E-state index is 10.8. The highest BCUT2D eigenvalue weighted by Gasteiger charge is 2.31. The molecule has 1 atom stereocenters. The van der Waals surface area contributed by atoms with E-state index in [1.807, 2.05) is 18.3 Å². The van der Waals surface area contributed by atoms with E-state index in [1.165, 1.54) is 0 Å². The highest BCUT2D eigenvalue weighted by molar-refractivity contribution is 5.86. The molecule has 0 bridgehead atoms. The minimum Gasteiger partial charge on any atom is -0.376 e. The van der Waals surface area contributed by atoms with Gasteiger partial charge in [0.1, 0.15) is 12.1 Å². The van der Waals surface area contributed by atoms with E-state index in [1.54, 1.807) is 6.07 Å². The van der Waals surface area contributed by atoms with Crippen LogP contribution in [0.1, 0.15) is 48.8 Å². The fourth-order valence-electron chi connectivity index (χ4n) is 2.79. The van der Waals surface area contributed by atoms with Gasteiger partial charge in [0, 0.05) is 29.7 Å². The van der Waals surface area contributed by atoms with Gasteiger partial charge in [-0.25, -0.2) is 9.97 Å². The molecule has 0 spiro atoms. The molecule has 1 fully saturated rings. The van der Waals surface area contributed by atoms with Crippen LogP contribution in [0.2, 0.25) is 0 Å². The van der Waals surface area contributed by atoms with Crippen LogP contribution in [0, 0.1) is 0 Å². The summed E-state index contributed by atoms with van der Waals surface area (Å²) in [7, 11) is 0. The Bertz CT molecular complexity index is 652. The molecule has 20 heavy (non-hydrogen) atoms. The molecule has 1 aliphatic heterocycles. The van der Waals surface area contributed by atoms with Gasteiger partial charge in [-0.3, -0.25) is 4.79 Å². The van der Waals surface area contributed by atoms with E-state index in [4.69, 9.17) is 4.74 Å². The standard InChI is InChI=1S/C16H18N2O2/c1-16(2)8-12(5-6-20-16)15-17-9-13-7-11(10-19)3-4-14(13)18-15/h3-4,7,9-10,12H,5-6,8H2,1-2H3. The van der Waals surface area contributed by atoms with Crippen molar-refractivity contribution in [2.45, 2.75) is 38.2 Å². The van der Waals surface area contributed by atoms with Crippen molar-refractivity contribution in [3.8, 4) is 0 Å². The van der Waals surface area contributed by atoms with E-state index in [0.717, 1.165) is 42.5 Å². The van der Waals surface area contributed by atoms with Crippen LogP contribution < -0.4 is 0 Å². The van der Waals surface area contributed by atoms with Gasteiger partial charge >= 0.3 is 0 Å². The van der Waals surface area contributed by atoms with E-state index in [9.17, 15) is 4.79 Å². The molecular formula is C16H18N2O2. The number of benzene rings is 1. The first kappa shape index (κ1) is 13.2. The number of hydrogen-bond donors (Lipinski definition) is 0. The number of carbonyl (C=O) groups excluding carboxylic acids is 1. The Hall–Kier alpha value is -1.81. The minimum atomic E-state index is -0.109. The third-order valence-corrected chi connectivity index (χ3v) is 3.82. The SMILES string of the molecule is CC1(C)CC(c2ncc3cc(C=O)ccc3n2)CCO1. The Morgan fingerprint density at radius 2 is 2.25 bits per heavy atom. The fraction of sp³-hybridized carbons (Fsp3) is 0.438. The normalized spacial score (nSPS) is 21.8. The summed E-state index contributed by atoms with van der Waals surface area (Å²) >= 11 is 0. The predicted molar refractivity (Wildman–Crippen MR) is 76.9 cm³/mol. The first-order chi connectivity index (χ1) is 9.57. The maximum Gasteiger partial charge on any atom is 0.150 e. The lowest BCUT2D eigenvalue weighted by Crippen LogP contribution is -2.33. The predicted octanol–water partition coefficient (Wildman–Crippen LogP) is 3.11. The number of rotatable bonds is 2. The molecule has 1 unspecified atom stereocenters. The summed E-state index contributed by atoms with van der Waals surface area (Å²) in [6, 6.07) is 5.49. The lowest BCUT2D eigenvalue weighted by Gasteiger charge is -2.34. The van der Waals surface area contributed by atoms with Crippen molar-refractivity contribution >= 4 is 17.2 Å². The van der Waals surface area contributed by atoms with Crippen molar-refractivity contribution in [1.29, 1.82) is 0 Å². The van der Waals surface area contributed by atoms with E-state index in [-0.39, 0.29) is 5.60 Å². The zero-order chi connectivity index (χ0) is 14.2. The highest BCUT2D eigenvalue weighted by atomic mass is 16.5. The number of carbonyl (C=O) groups is 1. The van der Waals surface area contributed by atoms with Crippen molar-refractivity contribution in [2.24, 2.45) is 0 Å². The Labute approximate surface area is 118 Å². The summed E-state index contributed by atoms with van der Waals surface area (Å²) in [5.74, 6) is 1.22. The minimum absolute atomic E-state index is 0.109. The van der Waals surface area contributed by atoms with Crippen LogP contribution in [0.15, 0.2) is 24.4 Å². The molecule has 0 amide bonds. The summed E-state index contributed by atoms with van der Waals surface area (Å²) in [5.41, 5.74) is 1.44. The molecule has 0 N–H and O–H groups in total. The lowest BCUT2D eigenvalue weighted by atomic mass is 9.88. The zero-order valence-corrected chi connectivity index (χ0v) is 11.8. The van der Waals surface area contributed by atoms with Crippen LogP contribution in [0.3, 0.4) is 0 Å². The summed E-state index contributed by atoms with van der Waals surface area (Å²) < 4.78 is 5.74. The van der Waals surface area contributed by atoms with Crippen LogP contribution in [-0.2, 0) is 4.74 Å². The number of fused-ring (bicyclic) bond motifs is 1. The van der Waals surface area contributed by atoms with Gasteiger partial charge in [0.15, 0.2) is 0 Å². The molecule has 1 aromatic carbocycles. The van der Waals surface area contributed by atoms with Crippen molar-refractivity contribution in [2.75, 3.05) is 6.61 Å². The molecule has 2 aromatic rings. The van der Waals surface area contributed by atoms with Crippen molar-refractivity contribution in [3.05, 3.63) is 35.8 Å². The van der Waals surface area contributed by atoms with E-state index in [2.05, 4.69) is 23.8 Å². The quantitative estimate of drug-likeness (QED) is 0.787. The summed E-state index contributed by atoms with van der Waals surface area (Å²) in [6.07, 6.45) is 4.55. The first-order valence-electron chi connectivity index (χ1n) is 6.93. The molecule has 4 heteroatoms. The second-order valence-electron chi connectivity index (χ2n) is 5.96. The average molecular weight is 270 g/mol. The second-order valence-corrected chi connectivity index (χ2v) is 5.96. The summed E-state index contributed by atoms with van der Waals surface area (Å²) in [6.45, 7) is 4.97. The number of aldehydes is 1. The van der Waals surface area contributed by atoms with Crippen LogP contribution in [0.25, 0.3) is 10.9 Å². The van der Waals surface area contributed by atoms with Crippen molar-refractivity contribution < 1.29 is 9.53 Å². The molecule has 0 saturated carbocycles. The Kier molecular flexibility index (Phi) is 3.26. The summed E-state index contributed by atoms with van der Waals surface area (Å²) in [4.78, 5) is 19.9. The van der Waals surface area contributed by atoms with Crippen LogP contribution in [0.5, 0.6) is 0 Å². The lowest BCUT2D eigenvalue weighted by molar-refractivity contribution is -0.0602. The molecule has 1 aliphatic rings. The molecule has 1 saturated heterocycles. The molecule has 3 rings (SSSR count). The first-order valence-corrected chi connectivity index (χ1v) is 6.93. The number of aromatic nitrogens is 2. The maximum absolute atomic E-state index is 10.8.